The predicted molar refractivity (Wildman–Crippen MR) is 14.2 cm³/mol. The number of carboxylic acid groups (broad SMARTS) is 2. The molecule has 0 aromatic heterocycles. The fraction of sp³-hybridized carbons (Fsp3) is 0. The zero-order valence-electron chi connectivity index (χ0n) is 4.88. The second-order valence-corrected chi connectivity index (χ2v) is 2.05. The Bertz CT molecular complexity index is 156. The van der Waals surface area contributed by atoms with Crippen molar-refractivity contribution in [1.82, 2.24) is 0 Å². The third kappa shape index (κ3) is 617. The summed E-state index contributed by atoms with van der Waals surface area (Å²) in [5.74, 6) is 0. The molecule has 0 radical (unpaired) electrons. The minimum atomic E-state index is -5.50. The summed E-state index contributed by atoms with van der Waals surface area (Å²) in [5.41, 5.74) is 0. The Kier molecular flexibility index (Phi) is 13.8. The van der Waals surface area contributed by atoms with Crippen LogP contribution in [0.4, 0.5) is 4.79 Å². The molecule has 9 heteroatoms. The molecule has 0 heterocycles. The van der Waals surface area contributed by atoms with E-state index in [1.54, 1.807) is 0 Å². The zero-order valence-corrected chi connectivity index (χ0v) is 9.28. The quantitative estimate of drug-likeness (QED) is 0.347. The Hall–Kier alpha value is 0.959. The molecule has 0 aliphatic carbocycles. The molecule has 10 heavy (non-hydrogen) atoms. The Balaban J connectivity index is -0.0000000910. The van der Waals surface area contributed by atoms with Gasteiger partial charge in [0, 0.05) is 0 Å². The molecule has 0 unspecified atom stereocenters. The van der Waals surface area contributed by atoms with E-state index in [1.165, 1.54) is 0 Å². The Labute approximate surface area is 100 Å². The predicted octanol–water partition coefficient (Wildman–Crippen LogP) is -4.76. The first-order chi connectivity index (χ1) is 3.73. The molecule has 56 valence electrons. The molecule has 0 aromatic rings. The van der Waals surface area contributed by atoms with Gasteiger partial charge in [0.2, 0.25) is 0 Å². The summed E-state index contributed by atoms with van der Waals surface area (Å²) in [7, 11) is 0. The van der Waals surface area contributed by atoms with Gasteiger partial charge >= 0.3 is 87.1 Å². The van der Waals surface area contributed by atoms with E-state index in [9.17, 15) is 0 Å². The Morgan fingerprint density at radius 3 is 1.30 bits per heavy atom. The SMILES string of the molecule is O=C(O)O.[K+].[O]=[Cr](=[O])([O-])[OH]. The minimum absolute atomic E-state index is 0. The van der Waals surface area contributed by atoms with E-state index in [0.717, 1.165) is 0 Å². The van der Waals surface area contributed by atoms with E-state index < -0.39 is 19.8 Å². The van der Waals surface area contributed by atoms with Gasteiger partial charge in [0.25, 0.3) is 0 Å². The second kappa shape index (κ2) is 8.06. The molecule has 0 spiro atoms. The molecule has 0 fully saturated rings. The fourth-order valence-corrected chi connectivity index (χ4v) is 0. The first kappa shape index (κ1) is 17.2. The van der Waals surface area contributed by atoms with Gasteiger partial charge in [-0.3, -0.25) is 0 Å². The van der Waals surface area contributed by atoms with Crippen LogP contribution in [0, 0.1) is 0 Å². The van der Waals surface area contributed by atoms with E-state index in [2.05, 4.69) is 0 Å². The first-order valence-electron chi connectivity index (χ1n) is 1.33. The van der Waals surface area contributed by atoms with Crippen LogP contribution in [-0.4, -0.2) is 20.5 Å². The average molecular weight is 218 g/mol. The molecular weight excluding hydrogens is 215 g/mol. The maximum atomic E-state index is 8.70. The van der Waals surface area contributed by atoms with Gasteiger partial charge in [0.1, 0.15) is 0 Å². The number of rotatable bonds is 0. The van der Waals surface area contributed by atoms with Crippen molar-refractivity contribution < 1.29 is 95.9 Å². The van der Waals surface area contributed by atoms with Crippen LogP contribution in [0.1, 0.15) is 0 Å². The summed E-state index contributed by atoms with van der Waals surface area (Å²) in [4.78, 5) is 8.56. The summed E-state index contributed by atoms with van der Waals surface area (Å²) in [6.07, 6.45) is -1.83. The van der Waals surface area contributed by atoms with Gasteiger partial charge in [0.05, 0.1) is 0 Å². The zero-order chi connectivity index (χ0) is 8.08. The van der Waals surface area contributed by atoms with Crippen LogP contribution in [-0.2, 0) is 21.2 Å². The van der Waals surface area contributed by atoms with Crippen molar-refractivity contribution in [3.05, 3.63) is 0 Å². The van der Waals surface area contributed by atoms with Gasteiger partial charge in [0.15, 0.2) is 0 Å². The van der Waals surface area contributed by atoms with Crippen LogP contribution >= 0.6 is 0 Å². The van der Waals surface area contributed by atoms with Gasteiger partial charge in [-0.15, -0.1) is 0 Å². The van der Waals surface area contributed by atoms with Crippen molar-refractivity contribution in [1.29, 1.82) is 0 Å². The van der Waals surface area contributed by atoms with Crippen LogP contribution in [0.5, 0.6) is 0 Å². The van der Waals surface area contributed by atoms with Gasteiger partial charge in [-0.2, -0.15) is 0 Å². The Morgan fingerprint density at radius 1 is 1.30 bits per heavy atom. The summed E-state index contributed by atoms with van der Waals surface area (Å²) >= 11 is -5.50. The summed E-state index contributed by atoms with van der Waals surface area (Å²) in [5, 5.41) is 13.9. The third-order valence-electron chi connectivity index (χ3n) is 0. The van der Waals surface area contributed by atoms with E-state index in [4.69, 9.17) is 30.9 Å². The molecule has 0 aromatic carbocycles. The van der Waals surface area contributed by atoms with Crippen LogP contribution < -0.4 is 55.5 Å². The Morgan fingerprint density at radius 2 is 1.30 bits per heavy atom. The summed E-state index contributed by atoms with van der Waals surface area (Å²) in [6.45, 7) is 0. The monoisotopic (exact) mass is 218 g/mol. The van der Waals surface area contributed by atoms with E-state index in [0.29, 0.717) is 0 Å². The van der Waals surface area contributed by atoms with Crippen molar-refractivity contribution in [2.75, 3.05) is 0 Å². The molecule has 0 amide bonds. The topological polar surface area (TPSA) is 135 Å². The van der Waals surface area contributed by atoms with Crippen LogP contribution in [0.25, 0.3) is 0 Å². The van der Waals surface area contributed by atoms with Gasteiger partial charge < -0.3 is 10.2 Å². The standard InChI is InChI=1S/CH2O3.Cr.K.H2O.3O/c2-1(3)4;;;;;;/h(H2,2,3,4);;;1H2;;;/q;2*+1;;;;-1/p-1. The second-order valence-electron chi connectivity index (χ2n) is 0.710. The molecular formula is CH3CrKO7. The number of hydrogen-bond acceptors (Lipinski definition) is 4. The van der Waals surface area contributed by atoms with Crippen molar-refractivity contribution in [2.45, 2.75) is 0 Å². The van der Waals surface area contributed by atoms with Gasteiger partial charge in [-0.1, -0.05) is 0 Å². The van der Waals surface area contributed by atoms with Crippen LogP contribution in [0.2, 0.25) is 0 Å². The number of carbonyl (C=O) groups is 1. The first-order valence-corrected chi connectivity index (χ1v) is 3.47. The van der Waals surface area contributed by atoms with Crippen molar-refractivity contribution in [2.24, 2.45) is 0 Å². The maximum absolute atomic E-state index is 8.70. The number of hydrogen-bond donors (Lipinski definition) is 3. The van der Waals surface area contributed by atoms with E-state index in [-0.39, 0.29) is 51.4 Å². The molecule has 0 saturated heterocycles. The molecule has 0 rings (SSSR count). The van der Waals surface area contributed by atoms with Gasteiger partial charge in [-0.05, 0) is 0 Å². The van der Waals surface area contributed by atoms with Gasteiger partial charge in [-0.25, -0.2) is 4.79 Å². The molecule has 0 aliphatic heterocycles. The average Bonchev–Trinajstić information content (AvgIpc) is 1.19. The van der Waals surface area contributed by atoms with Crippen LogP contribution in [0.3, 0.4) is 0 Å². The van der Waals surface area contributed by atoms with Crippen molar-refractivity contribution in [3.63, 3.8) is 0 Å². The molecule has 7 nitrogen and oxygen atoms in total. The van der Waals surface area contributed by atoms with E-state index >= 15 is 0 Å². The summed E-state index contributed by atoms with van der Waals surface area (Å²) in [6, 6.07) is 0. The van der Waals surface area contributed by atoms with E-state index in [1.807, 2.05) is 0 Å². The molecule has 0 saturated carbocycles. The molecule has 0 atom stereocenters. The summed E-state index contributed by atoms with van der Waals surface area (Å²) < 4.78 is 33.1. The third-order valence-corrected chi connectivity index (χ3v) is 0. The molecule has 3 N–H and O–H groups in total. The molecule has 0 bridgehead atoms. The molecule has 0 aliphatic rings. The van der Waals surface area contributed by atoms with Crippen molar-refractivity contribution in [3.8, 4) is 0 Å². The fourth-order valence-electron chi connectivity index (χ4n) is 0. The van der Waals surface area contributed by atoms with Crippen molar-refractivity contribution >= 4 is 6.16 Å². The van der Waals surface area contributed by atoms with Crippen LogP contribution in [0.15, 0.2) is 0 Å². The normalized spacial score (nSPS) is 8.20.